The number of anilines is 1. The molecule has 2 unspecified atom stereocenters. The van der Waals surface area contributed by atoms with Gasteiger partial charge in [0.05, 0.1) is 28.5 Å². The molecule has 8 nitrogen and oxygen atoms in total. The number of rotatable bonds is 8. The molecule has 4 heterocycles. The molecule has 2 atom stereocenters. The number of benzene rings is 2. The number of nitrogens with zero attached hydrogens (tertiary/aromatic N) is 3. The number of carboxylic acids is 1. The summed E-state index contributed by atoms with van der Waals surface area (Å²) in [5.74, 6) is 0.163. The van der Waals surface area contributed by atoms with E-state index in [1.54, 1.807) is 30.3 Å². The van der Waals surface area contributed by atoms with Crippen LogP contribution in [0.1, 0.15) is 46.9 Å². The van der Waals surface area contributed by atoms with Crippen molar-refractivity contribution in [2.24, 2.45) is 11.8 Å². The molecule has 12 heteroatoms. The number of alkyl halides is 3. The van der Waals surface area contributed by atoms with Gasteiger partial charge in [0.25, 0.3) is 0 Å². The van der Waals surface area contributed by atoms with Gasteiger partial charge in [-0.25, -0.2) is 9.78 Å². The van der Waals surface area contributed by atoms with Crippen molar-refractivity contribution in [3.63, 3.8) is 0 Å². The molecule has 8 rings (SSSR count). The smallest absolute Gasteiger partial charge is 0.478 e. The number of hydrogen-bond acceptors (Lipinski definition) is 8. The lowest BCUT2D eigenvalue weighted by Crippen LogP contribution is -2.59. The van der Waals surface area contributed by atoms with Gasteiger partial charge < -0.3 is 24.0 Å². The molecule has 2 aliphatic heterocycles. The van der Waals surface area contributed by atoms with E-state index in [1.165, 1.54) is 23.5 Å². The molecule has 4 aliphatic rings. The number of ether oxygens (including phenoxy) is 2. The highest BCUT2D eigenvalue weighted by Gasteiger charge is 2.48. The van der Waals surface area contributed by atoms with Crippen molar-refractivity contribution < 1.29 is 37.1 Å². The van der Waals surface area contributed by atoms with Crippen molar-refractivity contribution in [1.29, 1.82) is 0 Å². The van der Waals surface area contributed by atoms with Crippen LogP contribution < -0.4 is 9.64 Å². The van der Waals surface area contributed by atoms with E-state index in [9.17, 15) is 23.1 Å². The van der Waals surface area contributed by atoms with E-state index in [-0.39, 0.29) is 47.3 Å². The number of aromatic nitrogens is 2. The van der Waals surface area contributed by atoms with Gasteiger partial charge in [0.2, 0.25) is 0 Å². The number of carboxylic acid groups (broad SMARTS) is 1. The first-order valence-corrected chi connectivity index (χ1v) is 13.9. The SMILES string of the molecule is O=C(O)c1ccc2nc(N3CC4CC(C3)C4OCc3c(-c4ccccc4OC(F)(F)F)noc3C3CC3)sc2c1. The summed E-state index contributed by atoms with van der Waals surface area (Å²) in [7, 11) is 0. The lowest BCUT2D eigenvalue weighted by molar-refractivity contribution is -0.274. The van der Waals surface area contributed by atoms with Crippen molar-refractivity contribution in [3.05, 3.63) is 59.4 Å². The summed E-state index contributed by atoms with van der Waals surface area (Å²) in [5, 5.41) is 14.3. The fourth-order valence-corrected chi connectivity index (χ4v) is 6.87. The van der Waals surface area contributed by atoms with E-state index in [0.717, 1.165) is 47.7 Å². The van der Waals surface area contributed by atoms with Crippen LogP contribution in [0.2, 0.25) is 0 Å². The summed E-state index contributed by atoms with van der Waals surface area (Å²) in [6.07, 6.45) is -1.89. The van der Waals surface area contributed by atoms with E-state index in [1.807, 2.05) is 0 Å². The maximum atomic E-state index is 13.1. The lowest BCUT2D eigenvalue weighted by atomic mass is 9.68. The Hall–Kier alpha value is -3.64. The molecule has 4 aromatic rings. The van der Waals surface area contributed by atoms with Crippen LogP contribution >= 0.6 is 11.3 Å². The van der Waals surface area contributed by atoms with E-state index >= 15 is 0 Å². The van der Waals surface area contributed by atoms with Crippen molar-refractivity contribution in [2.75, 3.05) is 18.0 Å². The zero-order valence-corrected chi connectivity index (χ0v) is 21.9. The second kappa shape index (κ2) is 9.48. The van der Waals surface area contributed by atoms with Gasteiger partial charge in [0.15, 0.2) is 5.13 Å². The fourth-order valence-electron chi connectivity index (χ4n) is 5.85. The Morgan fingerprint density at radius 3 is 2.65 bits per heavy atom. The van der Waals surface area contributed by atoms with Crippen molar-refractivity contribution >= 4 is 32.7 Å². The van der Waals surface area contributed by atoms with Crippen LogP contribution in [0.15, 0.2) is 47.0 Å². The molecule has 0 amide bonds. The van der Waals surface area contributed by atoms with Crippen LogP contribution in [0, 0.1) is 11.8 Å². The summed E-state index contributed by atoms with van der Waals surface area (Å²) in [4.78, 5) is 18.3. The lowest BCUT2D eigenvalue weighted by Gasteiger charge is -2.53. The first-order chi connectivity index (χ1) is 19.2. The molecule has 4 fully saturated rings. The largest absolute Gasteiger partial charge is 0.573 e. The number of piperidine rings is 2. The normalized spacial score (nSPS) is 22.4. The molecule has 1 N–H and O–H groups in total. The average Bonchev–Trinajstić information content (AvgIpc) is 3.53. The van der Waals surface area contributed by atoms with Gasteiger partial charge in [-0.3, -0.25) is 0 Å². The van der Waals surface area contributed by atoms with Crippen LogP contribution in [0.25, 0.3) is 21.5 Å². The number of halogens is 3. The fraction of sp³-hybridized carbons (Fsp3) is 0.393. The van der Waals surface area contributed by atoms with E-state index < -0.39 is 12.3 Å². The molecular formula is C28H24F3N3O5S. The van der Waals surface area contributed by atoms with Gasteiger partial charge >= 0.3 is 12.3 Å². The van der Waals surface area contributed by atoms with Crippen LogP contribution in [-0.2, 0) is 11.3 Å². The number of aromatic carboxylic acids is 1. The third-order valence-electron chi connectivity index (χ3n) is 7.89. The zero-order valence-electron chi connectivity index (χ0n) is 21.1. The summed E-state index contributed by atoms with van der Waals surface area (Å²) in [6, 6.07) is 10.9. The highest BCUT2D eigenvalue weighted by Crippen LogP contribution is 2.48. The van der Waals surface area contributed by atoms with Crippen molar-refractivity contribution in [3.8, 4) is 17.0 Å². The number of hydrogen-bond donors (Lipinski definition) is 1. The maximum Gasteiger partial charge on any atom is 0.573 e. The van der Waals surface area contributed by atoms with E-state index in [2.05, 4.69) is 14.8 Å². The highest BCUT2D eigenvalue weighted by atomic mass is 32.1. The minimum atomic E-state index is -4.83. The van der Waals surface area contributed by atoms with Crippen LogP contribution in [0.3, 0.4) is 0 Å². The number of fused-ring (bicyclic) bond motifs is 3. The molecule has 0 radical (unpaired) electrons. The Labute approximate surface area is 230 Å². The first-order valence-electron chi connectivity index (χ1n) is 13.1. The molecule has 0 spiro atoms. The summed E-state index contributed by atoms with van der Waals surface area (Å²) in [6.45, 7) is 1.73. The minimum absolute atomic E-state index is 0.0145. The molecule has 2 bridgehead atoms. The predicted molar refractivity (Wildman–Crippen MR) is 140 cm³/mol. The van der Waals surface area contributed by atoms with Gasteiger partial charge in [-0.05, 0) is 49.6 Å². The Morgan fingerprint density at radius 1 is 1.15 bits per heavy atom. The monoisotopic (exact) mass is 571 g/mol. The topological polar surface area (TPSA) is 97.9 Å². The van der Waals surface area contributed by atoms with Crippen molar-refractivity contribution in [1.82, 2.24) is 10.1 Å². The number of carbonyl (C=O) groups is 1. The standard InChI is InChI=1S/C28H24F3N3O5S/c29-28(30,31)38-21-4-2-1-3-18(21)23-19(25(39-33-23)14-5-6-14)13-37-24-16-9-17(24)12-34(11-16)27-32-20-8-7-15(26(35)36)10-22(20)40-27/h1-4,7-8,10,14,16-17,24H,5-6,9,11-13H2,(H,35,36). The maximum absolute atomic E-state index is 13.1. The molecule has 2 aliphatic carbocycles. The zero-order chi connectivity index (χ0) is 27.6. The van der Waals surface area contributed by atoms with Gasteiger partial charge in [-0.2, -0.15) is 0 Å². The van der Waals surface area contributed by atoms with E-state index in [0.29, 0.717) is 17.0 Å². The highest BCUT2D eigenvalue weighted by molar-refractivity contribution is 7.22. The summed E-state index contributed by atoms with van der Waals surface area (Å²) >= 11 is 1.49. The predicted octanol–water partition coefficient (Wildman–Crippen LogP) is 6.47. The second-order valence-corrected chi connectivity index (χ2v) is 11.6. The van der Waals surface area contributed by atoms with Crippen LogP contribution in [-0.4, -0.2) is 46.8 Å². The first kappa shape index (κ1) is 25.3. The molecule has 208 valence electrons. The quantitative estimate of drug-likeness (QED) is 0.257. The van der Waals surface area contributed by atoms with Crippen molar-refractivity contribution in [2.45, 2.75) is 44.3 Å². The summed E-state index contributed by atoms with van der Waals surface area (Å²) in [5.41, 5.74) is 2.24. The van der Waals surface area contributed by atoms with Gasteiger partial charge in [-0.15, -0.1) is 13.2 Å². The van der Waals surface area contributed by atoms with E-state index in [4.69, 9.17) is 14.2 Å². The second-order valence-electron chi connectivity index (χ2n) is 10.6. The van der Waals surface area contributed by atoms with Crippen LogP contribution in [0.5, 0.6) is 5.75 Å². The summed E-state index contributed by atoms with van der Waals surface area (Å²) < 4.78 is 56.4. The average molecular weight is 572 g/mol. The Balaban J connectivity index is 1.08. The minimum Gasteiger partial charge on any atom is -0.478 e. The Kier molecular flexibility index (Phi) is 6.00. The Morgan fingerprint density at radius 2 is 1.93 bits per heavy atom. The molecule has 40 heavy (non-hydrogen) atoms. The third kappa shape index (κ3) is 4.68. The van der Waals surface area contributed by atoms with Gasteiger partial charge in [-0.1, -0.05) is 28.6 Å². The molecule has 2 aromatic carbocycles. The molecule has 2 aromatic heterocycles. The van der Waals surface area contributed by atoms with Gasteiger partial charge in [0, 0.05) is 42.0 Å². The number of thiazole rings is 1. The number of para-hydroxylation sites is 1. The van der Waals surface area contributed by atoms with Crippen LogP contribution in [0.4, 0.5) is 18.3 Å². The molecule has 2 saturated carbocycles. The molecular weight excluding hydrogens is 547 g/mol. The third-order valence-corrected chi connectivity index (χ3v) is 8.97. The molecule has 2 saturated heterocycles. The Bertz CT molecular complexity index is 1590. The van der Waals surface area contributed by atoms with Gasteiger partial charge in [0.1, 0.15) is 17.2 Å².